The van der Waals surface area contributed by atoms with Crippen LogP contribution < -0.4 is 0 Å². The third-order valence-corrected chi connectivity index (χ3v) is 6.27. The van der Waals surface area contributed by atoms with E-state index in [1.54, 1.807) is 13.0 Å². The van der Waals surface area contributed by atoms with Gasteiger partial charge in [-0.05, 0) is 61.4 Å². The lowest BCUT2D eigenvalue weighted by Crippen LogP contribution is -2.39. The summed E-state index contributed by atoms with van der Waals surface area (Å²) in [5.41, 5.74) is 3.21. The number of carboxylic acids is 1. The average Bonchev–Trinajstić information content (AvgIpc) is 3.11. The summed E-state index contributed by atoms with van der Waals surface area (Å²) < 4.78 is 33.9. The Morgan fingerprint density at radius 1 is 1.27 bits per heavy atom. The Morgan fingerprint density at radius 3 is 2.76 bits per heavy atom. The number of β-amino-alcohol motifs (C(OH)–C–C–N with tert-alkyl or cyclic N) is 1. The first-order chi connectivity index (χ1) is 15.7. The third kappa shape index (κ3) is 7.32. The highest BCUT2D eigenvalue weighted by Gasteiger charge is 2.33. The lowest BCUT2D eigenvalue weighted by Gasteiger charge is -2.27. The summed E-state index contributed by atoms with van der Waals surface area (Å²) in [5, 5.41) is 19.5. The number of aliphatic carboxylic acids is 1. The van der Waals surface area contributed by atoms with Gasteiger partial charge in [0.1, 0.15) is 12.0 Å². The van der Waals surface area contributed by atoms with Gasteiger partial charge in [0, 0.05) is 25.6 Å². The number of halogens is 2. The summed E-state index contributed by atoms with van der Waals surface area (Å²) in [6.45, 7) is 4.17. The minimum absolute atomic E-state index is 0.0397. The van der Waals surface area contributed by atoms with Gasteiger partial charge in [-0.15, -0.1) is 0 Å². The third-order valence-electron chi connectivity index (χ3n) is 6.27. The second kappa shape index (κ2) is 11.7. The molecule has 1 saturated heterocycles. The normalized spacial score (nSPS) is 20.6. The predicted molar refractivity (Wildman–Crippen MR) is 122 cm³/mol. The fourth-order valence-electron chi connectivity index (χ4n) is 4.46. The van der Waals surface area contributed by atoms with E-state index in [0.717, 1.165) is 16.7 Å². The number of aliphatic hydroxyl groups is 1. The lowest BCUT2D eigenvalue weighted by atomic mass is 9.99. The summed E-state index contributed by atoms with van der Waals surface area (Å²) in [6.07, 6.45) is -0.759. The molecule has 0 aromatic heterocycles. The minimum atomic E-state index is -0.974. The van der Waals surface area contributed by atoms with Crippen LogP contribution in [-0.2, 0) is 22.4 Å². The highest BCUT2D eigenvalue weighted by molar-refractivity contribution is 5.67. The Labute approximate surface area is 194 Å². The van der Waals surface area contributed by atoms with Crippen molar-refractivity contribution in [3.05, 3.63) is 70.5 Å². The Bertz CT molecular complexity index is 938. The van der Waals surface area contributed by atoms with E-state index in [4.69, 9.17) is 9.84 Å². The topological polar surface area (TPSA) is 70.0 Å². The fraction of sp³-hybridized carbons (Fsp3) is 0.500. The molecule has 2 aromatic carbocycles. The van der Waals surface area contributed by atoms with Crippen molar-refractivity contribution in [3.63, 3.8) is 0 Å². The van der Waals surface area contributed by atoms with Gasteiger partial charge in [0.05, 0.1) is 18.8 Å². The summed E-state index contributed by atoms with van der Waals surface area (Å²) in [5.74, 6) is -1.12. The number of carboxylic acid groups (broad SMARTS) is 1. The first-order valence-corrected chi connectivity index (χ1v) is 11.4. The SMILES string of the molecule is Cc1ccc(C[C@@H]2C[C@@H](F)CN2CC(O)CO[C@H](C)c2ccccc2CCC(=O)O)cc1F. The Kier molecular flexibility index (Phi) is 8.95. The number of hydrogen-bond acceptors (Lipinski definition) is 4. The van der Waals surface area contributed by atoms with Crippen LogP contribution >= 0.6 is 0 Å². The molecule has 0 aliphatic carbocycles. The van der Waals surface area contributed by atoms with Crippen LogP contribution in [-0.4, -0.2) is 59.1 Å². The molecular formula is C26H33F2NO4. The number of ether oxygens (including phenoxy) is 1. The van der Waals surface area contributed by atoms with Gasteiger partial charge >= 0.3 is 5.97 Å². The molecule has 1 heterocycles. The lowest BCUT2D eigenvalue weighted by molar-refractivity contribution is -0.136. The number of likely N-dealkylation sites (tertiary alicyclic amines) is 1. The second-order valence-corrected chi connectivity index (χ2v) is 8.95. The zero-order chi connectivity index (χ0) is 24.0. The minimum Gasteiger partial charge on any atom is -0.481 e. The number of aryl methyl sites for hydroxylation is 2. The van der Waals surface area contributed by atoms with Gasteiger partial charge in [-0.2, -0.15) is 0 Å². The van der Waals surface area contributed by atoms with Crippen molar-refractivity contribution < 1.29 is 28.5 Å². The number of nitrogens with zero attached hydrogens (tertiary/aromatic N) is 1. The van der Waals surface area contributed by atoms with Crippen LogP contribution in [0.25, 0.3) is 0 Å². The Balaban J connectivity index is 1.54. The van der Waals surface area contributed by atoms with Crippen molar-refractivity contribution in [2.45, 2.75) is 64.0 Å². The number of hydrogen-bond donors (Lipinski definition) is 2. The molecule has 33 heavy (non-hydrogen) atoms. The van der Waals surface area contributed by atoms with Crippen molar-refractivity contribution >= 4 is 5.97 Å². The van der Waals surface area contributed by atoms with Gasteiger partial charge in [-0.3, -0.25) is 9.69 Å². The molecular weight excluding hydrogens is 428 g/mol. The molecule has 4 atom stereocenters. The van der Waals surface area contributed by atoms with Crippen LogP contribution in [0.15, 0.2) is 42.5 Å². The Morgan fingerprint density at radius 2 is 2.03 bits per heavy atom. The number of alkyl halides is 1. The van der Waals surface area contributed by atoms with Crippen LogP contribution in [0.1, 0.15) is 48.1 Å². The van der Waals surface area contributed by atoms with E-state index < -0.39 is 18.2 Å². The molecule has 7 heteroatoms. The molecule has 0 radical (unpaired) electrons. The fourth-order valence-corrected chi connectivity index (χ4v) is 4.46. The molecule has 1 aliphatic rings. The molecule has 2 aromatic rings. The van der Waals surface area contributed by atoms with E-state index in [9.17, 15) is 18.7 Å². The summed E-state index contributed by atoms with van der Waals surface area (Å²) in [6, 6.07) is 12.5. The number of rotatable bonds is 11. The molecule has 0 bridgehead atoms. The van der Waals surface area contributed by atoms with Crippen molar-refractivity contribution in [3.8, 4) is 0 Å². The molecule has 1 aliphatic heterocycles. The maximum absolute atomic E-state index is 14.2. The molecule has 2 N–H and O–H groups in total. The van der Waals surface area contributed by atoms with Crippen LogP contribution in [0.5, 0.6) is 0 Å². The molecule has 3 rings (SSSR count). The van der Waals surface area contributed by atoms with Gasteiger partial charge in [0.15, 0.2) is 0 Å². The molecule has 1 fully saturated rings. The van der Waals surface area contributed by atoms with E-state index in [0.29, 0.717) is 24.8 Å². The predicted octanol–water partition coefficient (Wildman–Crippen LogP) is 4.24. The number of benzene rings is 2. The first-order valence-electron chi connectivity index (χ1n) is 11.4. The highest BCUT2D eigenvalue weighted by atomic mass is 19.1. The summed E-state index contributed by atoms with van der Waals surface area (Å²) in [7, 11) is 0. The van der Waals surface area contributed by atoms with Gasteiger partial charge < -0.3 is 14.9 Å². The smallest absolute Gasteiger partial charge is 0.303 e. The van der Waals surface area contributed by atoms with E-state index in [-0.39, 0.29) is 44.1 Å². The maximum atomic E-state index is 14.2. The highest BCUT2D eigenvalue weighted by Crippen LogP contribution is 2.26. The van der Waals surface area contributed by atoms with E-state index in [2.05, 4.69) is 0 Å². The average molecular weight is 462 g/mol. The van der Waals surface area contributed by atoms with Crippen molar-refractivity contribution in [2.24, 2.45) is 0 Å². The molecule has 1 unspecified atom stereocenters. The zero-order valence-corrected chi connectivity index (χ0v) is 19.2. The van der Waals surface area contributed by atoms with Crippen LogP contribution in [0, 0.1) is 12.7 Å². The second-order valence-electron chi connectivity index (χ2n) is 8.95. The van der Waals surface area contributed by atoms with Crippen LogP contribution in [0.4, 0.5) is 8.78 Å². The van der Waals surface area contributed by atoms with Crippen LogP contribution in [0.3, 0.4) is 0 Å². The quantitative estimate of drug-likeness (QED) is 0.524. The zero-order valence-electron chi connectivity index (χ0n) is 19.2. The van der Waals surface area contributed by atoms with Gasteiger partial charge in [-0.1, -0.05) is 36.4 Å². The Hall–Kier alpha value is -2.35. The number of carbonyl (C=O) groups is 1. The van der Waals surface area contributed by atoms with E-state index >= 15 is 0 Å². The van der Waals surface area contributed by atoms with Gasteiger partial charge in [0.2, 0.25) is 0 Å². The largest absolute Gasteiger partial charge is 0.481 e. The summed E-state index contributed by atoms with van der Waals surface area (Å²) >= 11 is 0. The van der Waals surface area contributed by atoms with Gasteiger partial charge in [0.25, 0.3) is 0 Å². The molecule has 0 spiro atoms. The monoisotopic (exact) mass is 461 g/mol. The standard InChI is InChI=1S/C26H33F2NO4/c1-17-7-8-19(12-25(17)28)11-22-13-21(27)14-29(22)15-23(30)16-33-18(2)24-6-4-3-5-20(24)9-10-26(31)32/h3-8,12,18,21-23,30H,9-11,13-16H2,1-2H3,(H,31,32)/t18-,21-,22-,23?/m1/s1. The maximum Gasteiger partial charge on any atom is 0.303 e. The molecule has 5 nitrogen and oxygen atoms in total. The van der Waals surface area contributed by atoms with Crippen molar-refractivity contribution in [2.75, 3.05) is 19.7 Å². The molecule has 180 valence electrons. The van der Waals surface area contributed by atoms with Crippen molar-refractivity contribution in [1.82, 2.24) is 4.90 Å². The van der Waals surface area contributed by atoms with Crippen LogP contribution in [0.2, 0.25) is 0 Å². The number of aliphatic hydroxyl groups excluding tert-OH is 1. The van der Waals surface area contributed by atoms with E-state index in [1.165, 1.54) is 6.07 Å². The van der Waals surface area contributed by atoms with Crippen molar-refractivity contribution in [1.29, 1.82) is 0 Å². The summed E-state index contributed by atoms with van der Waals surface area (Å²) in [4.78, 5) is 12.8. The van der Waals surface area contributed by atoms with E-state index in [1.807, 2.05) is 42.2 Å². The first kappa shape index (κ1) is 25.3. The van der Waals surface area contributed by atoms with Gasteiger partial charge in [-0.25, -0.2) is 8.78 Å². The molecule has 0 saturated carbocycles. The molecule has 0 amide bonds.